The molecule has 0 fully saturated rings. The van der Waals surface area contributed by atoms with Crippen LogP contribution in [0.15, 0.2) is 18.2 Å². The van der Waals surface area contributed by atoms with Gasteiger partial charge in [-0.15, -0.1) is 0 Å². The van der Waals surface area contributed by atoms with E-state index in [2.05, 4.69) is 10.0 Å². The lowest BCUT2D eigenvalue weighted by Crippen LogP contribution is -2.44. The summed E-state index contributed by atoms with van der Waals surface area (Å²) in [6.07, 6.45) is 0. The van der Waals surface area contributed by atoms with Gasteiger partial charge in [0.05, 0.1) is 0 Å². The van der Waals surface area contributed by atoms with E-state index < -0.39 is 16.0 Å². The van der Waals surface area contributed by atoms with Crippen LogP contribution in [0.3, 0.4) is 0 Å². The molecule has 8 heteroatoms. The first-order valence-electron chi connectivity index (χ1n) is 6.65. The van der Waals surface area contributed by atoms with Crippen LogP contribution in [0.4, 0.5) is 4.39 Å². The Labute approximate surface area is 130 Å². The first kappa shape index (κ1) is 18.3. The maximum atomic E-state index is 13.7. The Balaban J connectivity index is 2.71. The highest BCUT2D eigenvalue weighted by atomic mass is 35.5. The van der Waals surface area contributed by atoms with Crippen LogP contribution in [0.2, 0.25) is 5.02 Å². The topological polar surface area (TPSA) is 61.4 Å². The predicted octanol–water partition coefficient (Wildman–Crippen LogP) is 1.74. The molecule has 21 heavy (non-hydrogen) atoms. The third kappa shape index (κ3) is 5.52. The highest BCUT2D eigenvalue weighted by Gasteiger charge is 2.20. The van der Waals surface area contributed by atoms with E-state index in [0.29, 0.717) is 0 Å². The second-order valence-electron chi connectivity index (χ2n) is 4.77. The van der Waals surface area contributed by atoms with Crippen LogP contribution >= 0.6 is 11.6 Å². The van der Waals surface area contributed by atoms with Crippen molar-refractivity contribution in [2.45, 2.75) is 26.4 Å². The lowest BCUT2D eigenvalue weighted by molar-refractivity contribution is 0.439. The second kappa shape index (κ2) is 8.05. The van der Waals surface area contributed by atoms with Crippen molar-refractivity contribution in [1.29, 1.82) is 0 Å². The smallest absolute Gasteiger partial charge is 0.279 e. The zero-order chi connectivity index (χ0) is 16.0. The van der Waals surface area contributed by atoms with Gasteiger partial charge in [0.15, 0.2) is 0 Å². The summed E-state index contributed by atoms with van der Waals surface area (Å²) in [4.78, 5) is 0. The van der Waals surface area contributed by atoms with Crippen LogP contribution in [0.1, 0.15) is 19.4 Å². The van der Waals surface area contributed by atoms with Gasteiger partial charge in [0.25, 0.3) is 10.2 Å². The maximum Gasteiger partial charge on any atom is 0.279 e. The SMILES string of the molecule is CCN[C@H](C)CNS(=O)(=O)N(C)Cc1c(F)cccc1Cl. The largest absolute Gasteiger partial charge is 0.313 e. The summed E-state index contributed by atoms with van der Waals surface area (Å²) in [6.45, 7) is 4.70. The van der Waals surface area contributed by atoms with Crippen molar-refractivity contribution in [1.82, 2.24) is 14.3 Å². The van der Waals surface area contributed by atoms with E-state index in [9.17, 15) is 12.8 Å². The molecule has 2 N–H and O–H groups in total. The fourth-order valence-electron chi connectivity index (χ4n) is 1.75. The van der Waals surface area contributed by atoms with E-state index in [1.807, 2.05) is 13.8 Å². The Kier molecular flexibility index (Phi) is 7.02. The molecule has 0 saturated heterocycles. The van der Waals surface area contributed by atoms with Crippen LogP contribution in [0.25, 0.3) is 0 Å². The molecule has 0 unspecified atom stereocenters. The van der Waals surface area contributed by atoms with Gasteiger partial charge in [0.1, 0.15) is 5.82 Å². The van der Waals surface area contributed by atoms with Gasteiger partial charge in [-0.1, -0.05) is 24.6 Å². The van der Waals surface area contributed by atoms with E-state index in [1.165, 1.54) is 25.2 Å². The van der Waals surface area contributed by atoms with Crippen molar-refractivity contribution in [2.75, 3.05) is 20.1 Å². The number of hydrogen-bond donors (Lipinski definition) is 2. The summed E-state index contributed by atoms with van der Waals surface area (Å²) < 4.78 is 41.4. The van der Waals surface area contributed by atoms with Crippen LogP contribution in [-0.2, 0) is 16.8 Å². The maximum absolute atomic E-state index is 13.7. The Morgan fingerprint density at radius 3 is 2.67 bits per heavy atom. The van der Waals surface area contributed by atoms with Crippen molar-refractivity contribution in [3.05, 3.63) is 34.6 Å². The molecule has 5 nitrogen and oxygen atoms in total. The number of rotatable bonds is 8. The molecule has 0 heterocycles. The number of nitrogens with one attached hydrogen (secondary N) is 2. The molecule has 0 amide bonds. The second-order valence-corrected chi connectivity index (χ2v) is 7.04. The highest BCUT2D eigenvalue weighted by molar-refractivity contribution is 7.87. The zero-order valence-corrected chi connectivity index (χ0v) is 13.9. The molecular formula is C13H21ClFN3O2S. The zero-order valence-electron chi connectivity index (χ0n) is 12.4. The third-order valence-electron chi connectivity index (χ3n) is 2.98. The van der Waals surface area contributed by atoms with Crippen LogP contribution < -0.4 is 10.0 Å². The quantitative estimate of drug-likeness (QED) is 0.759. The summed E-state index contributed by atoms with van der Waals surface area (Å²) in [6, 6.07) is 4.27. The highest BCUT2D eigenvalue weighted by Crippen LogP contribution is 2.20. The first-order valence-corrected chi connectivity index (χ1v) is 8.47. The van der Waals surface area contributed by atoms with Gasteiger partial charge in [-0.3, -0.25) is 0 Å². The minimum absolute atomic E-state index is 0.00947. The van der Waals surface area contributed by atoms with Crippen molar-refractivity contribution in [2.24, 2.45) is 0 Å². The molecule has 0 aliphatic rings. The average molecular weight is 338 g/mol. The molecule has 0 spiro atoms. The summed E-state index contributed by atoms with van der Waals surface area (Å²) in [5.74, 6) is -0.523. The van der Waals surface area contributed by atoms with E-state index in [4.69, 9.17) is 11.6 Å². The lowest BCUT2D eigenvalue weighted by atomic mass is 10.2. The van der Waals surface area contributed by atoms with Gasteiger partial charge in [0, 0.05) is 36.8 Å². The molecule has 1 atom stereocenters. The molecule has 0 saturated carbocycles. The van der Waals surface area contributed by atoms with E-state index in [-0.39, 0.29) is 29.7 Å². The normalized spacial score (nSPS) is 13.6. The fraction of sp³-hybridized carbons (Fsp3) is 0.538. The van der Waals surface area contributed by atoms with Crippen molar-refractivity contribution in [3.63, 3.8) is 0 Å². The summed E-state index contributed by atoms with van der Waals surface area (Å²) >= 11 is 5.90. The standard InChI is InChI=1S/C13H21ClFN3O2S/c1-4-16-10(2)8-17-21(19,20)18(3)9-11-12(14)6-5-7-13(11)15/h5-7,10,16-17H,4,8-9H2,1-3H3/t10-/m1/s1. The summed E-state index contributed by atoms with van der Waals surface area (Å²) in [7, 11) is -2.31. The molecule has 0 aromatic heterocycles. The predicted molar refractivity (Wildman–Crippen MR) is 82.9 cm³/mol. The van der Waals surface area contributed by atoms with Gasteiger partial charge in [0.2, 0.25) is 0 Å². The molecule has 1 aromatic rings. The molecular weight excluding hydrogens is 317 g/mol. The number of hydrogen-bond acceptors (Lipinski definition) is 3. The van der Waals surface area contributed by atoms with Crippen molar-refractivity contribution < 1.29 is 12.8 Å². The third-order valence-corrected chi connectivity index (χ3v) is 4.81. The minimum atomic E-state index is -3.69. The number of halogens is 2. The van der Waals surface area contributed by atoms with E-state index >= 15 is 0 Å². The molecule has 0 aliphatic heterocycles. The van der Waals surface area contributed by atoms with Crippen LogP contribution in [0, 0.1) is 5.82 Å². The first-order chi connectivity index (χ1) is 9.77. The van der Waals surface area contributed by atoms with Gasteiger partial charge in [-0.2, -0.15) is 12.7 Å². The molecule has 1 rings (SSSR count). The van der Waals surface area contributed by atoms with E-state index in [0.717, 1.165) is 10.8 Å². The van der Waals surface area contributed by atoms with E-state index in [1.54, 1.807) is 0 Å². The van der Waals surface area contributed by atoms with Gasteiger partial charge >= 0.3 is 0 Å². The summed E-state index contributed by atoms with van der Waals surface area (Å²) in [5.41, 5.74) is 0.159. The van der Waals surface area contributed by atoms with Crippen LogP contribution in [0.5, 0.6) is 0 Å². The molecule has 120 valence electrons. The number of likely N-dealkylation sites (N-methyl/N-ethyl adjacent to an activating group) is 1. The molecule has 0 bridgehead atoms. The molecule has 0 radical (unpaired) electrons. The number of benzene rings is 1. The van der Waals surface area contributed by atoms with Gasteiger partial charge in [-0.05, 0) is 25.6 Å². The van der Waals surface area contributed by atoms with Crippen LogP contribution in [-0.4, -0.2) is 38.9 Å². The minimum Gasteiger partial charge on any atom is -0.313 e. The van der Waals surface area contributed by atoms with Gasteiger partial charge < -0.3 is 5.32 Å². The molecule has 1 aromatic carbocycles. The summed E-state index contributed by atoms with van der Waals surface area (Å²) in [5, 5.41) is 3.30. The Hall–Kier alpha value is -0.730. The number of nitrogens with zero attached hydrogens (tertiary/aromatic N) is 1. The average Bonchev–Trinajstić information content (AvgIpc) is 2.41. The van der Waals surface area contributed by atoms with Crippen molar-refractivity contribution in [3.8, 4) is 0 Å². The molecule has 0 aliphatic carbocycles. The monoisotopic (exact) mass is 337 g/mol. The van der Waals surface area contributed by atoms with Gasteiger partial charge in [-0.25, -0.2) is 9.11 Å². The fourth-order valence-corrected chi connectivity index (χ4v) is 2.95. The Morgan fingerprint density at radius 1 is 1.43 bits per heavy atom. The van der Waals surface area contributed by atoms with Crippen molar-refractivity contribution >= 4 is 21.8 Å². The Bertz CT molecular complexity index is 548. The lowest BCUT2D eigenvalue weighted by Gasteiger charge is -2.20. The Morgan fingerprint density at radius 2 is 2.10 bits per heavy atom.